The Bertz CT molecular complexity index is 532. The van der Waals surface area contributed by atoms with Gasteiger partial charge in [0.2, 0.25) is 5.91 Å². The second-order valence-corrected chi connectivity index (χ2v) is 6.61. The molecule has 0 aromatic heterocycles. The number of carbonyl (C=O) groups excluding carboxylic acids is 1. The van der Waals surface area contributed by atoms with Crippen LogP contribution in [0.25, 0.3) is 0 Å². The lowest BCUT2D eigenvalue weighted by Gasteiger charge is -2.11. The highest BCUT2D eigenvalue weighted by Crippen LogP contribution is 2.26. The molecule has 1 saturated heterocycles. The monoisotopic (exact) mass is 373 g/mol. The first-order valence-electron chi connectivity index (χ1n) is 6.60. The van der Waals surface area contributed by atoms with Crippen molar-refractivity contribution in [1.82, 2.24) is 5.32 Å². The van der Waals surface area contributed by atoms with E-state index in [9.17, 15) is 9.59 Å². The summed E-state index contributed by atoms with van der Waals surface area (Å²) in [7, 11) is 0. The van der Waals surface area contributed by atoms with E-state index >= 15 is 0 Å². The maximum Gasteiger partial charge on any atom is 0.336 e. The zero-order valence-corrected chi connectivity index (χ0v) is 13.7. The van der Waals surface area contributed by atoms with Gasteiger partial charge in [0, 0.05) is 22.5 Å². The topological polar surface area (TPSA) is 75.6 Å². The Balaban J connectivity index is 1.85. The summed E-state index contributed by atoms with van der Waals surface area (Å²) >= 11 is 4.52. The predicted molar refractivity (Wildman–Crippen MR) is 83.8 cm³/mol. The number of ether oxygens (including phenoxy) is 1. The highest BCUT2D eigenvalue weighted by atomic mass is 79.9. The minimum atomic E-state index is -0.996. The molecule has 1 amide bonds. The van der Waals surface area contributed by atoms with Gasteiger partial charge in [-0.2, -0.15) is 0 Å². The first-order valence-corrected chi connectivity index (χ1v) is 8.38. The fourth-order valence-electron chi connectivity index (χ4n) is 2.02. The van der Waals surface area contributed by atoms with Crippen LogP contribution in [0.5, 0.6) is 0 Å². The van der Waals surface area contributed by atoms with Crippen LogP contribution in [0.4, 0.5) is 0 Å². The smallest absolute Gasteiger partial charge is 0.336 e. The molecule has 1 aliphatic heterocycles. The lowest BCUT2D eigenvalue weighted by molar-refractivity contribution is -0.119. The molecule has 0 saturated carbocycles. The lowest BCUT2D eigenvalue weighted by atomic mass is 10.2. The predicted octanol–water partition coefficient (Wildman–Crippen LogP) is 2.53. The van der Waals surface area contributed by atoms with Gasteiger partial charge in [-0.15, -0.1) is 11.8 Å². The van der Waals surface area contributed by atoms with Gasteiger partial charge >= 0.3 is 5.97 Å². The Morgan fingerprint density at radius 2 is 2.29 bits per heavy atom. The van der Waals surface area contributed by atoms with Crippen molar-refractivity contribution >= 4 is 39.6 Å². The van der Waals surface area contributed by atoms with Crippen molar-refractivity contribution < 1.29 is 19.4 Å². The molecule has 2 N–H and O–H groups in total. The van der Waals surface area contributed by atoms with Gasteiger partial charge in [0.1, 0.15) is 0 Å². The van der Waals surface area contributed by atoms with Crippen LogP contribution in [0.2, 0.25) is 0 Å². The number of aromatic carboxylic acids is 1. The van der Waals surface area contributed by atoms with Crippen LogP contribution in [0, 0.1) is 0 Å². The van der Waals surface area contributed by atoms with E-state index in [1.807, 2.05) is 0 Å². The van der Waals surface area contributed by atoms with E-state index in [-0.39, 0.29) is 23.3 Å². The quantitative estimate of drug-likeness (QED) is 0.749. The summed E-state index contributed by atoms with van der Waals surface area (Å²) in [6.45, 7) is 1.28. The Morgan fingerprint density at radius 1 is 1.48 bits per heavy atom. The number of carbonyl (C=O) groups is 2. The number of amides is 1. The van der Waals surface area contributed by atoms with Gasteiger partial charge in [-0.3, -0.25) is 4.79 Å². The second kappa shape index (κ2) is 7.82. The number of hydrogen-bond donors (Lipinski definition) is 2. The minimum Gasteiger partial charge on any atom is -0.478 e. The largest absolute Gasteiger partial charge is 0.478 e. The Morgan fingerprint density at radius 3 is 2.95 bits per heavy atom. The molecular weight excluding hydrogens is 358 g/mol. The molecule has 21 heavy (non-hydrogen) atoms. The molecule has 1 atom stereocenters. The Labute approximate surface area is 135 Å². The number of halogens is 1. The summed E-state index contributed by atoms with van der Waals surface area (Å²) in [6, 6.07) is 4.91. The van der Waals surface area contributed by atoms with Gasteiger partial charge in [0.05, 0.1) is 17.4 Å². The van der Waals surface area contributed by atoms with E-state index in [1.165, 1.54) is 17.8 Å². The molecular formula is C14H16BrNO4S. The zero-order chi connectivity index (χ0) is 15.2. The molecule has 1 fully saturated rings. The first kappa shape index (κ1) is 16.3. The fourth-order valence-corrected chi connectivity index (χ4v) is 3.44. The van der Waals surface area contributed by atoms with Gasteiger partial charge in [0.25, 0.3) is 0 Å². The molecule has 0 radical (unpaired) electrons. The zero-order valence-electron chi connectivity index (χ0n) is 11.3. The van der Waals surface area contributed by atoms with Gasteiger partial charge in [-0.1, -0.05) is 15.9 Å². The van der Waals surface area contributed by atoms with Crippen LogP contribution in [0.15, 0.2) is 27.6 Å². The molecule has 0 aliphatic carbocycles. The van der Waals surface area contributed by atoms with Gasteiger partial charge in [-0.25, -0.2) is 4.79 Å². The summed E-state index contributed by atoms with van der Waals surface area (Å²) in [5, 5.41) is 11.9. The molecule has 0 spiro atoms. The SMILES string of the molecule is O=C(CSc1cc(Br)ccc1C(=O)O)NCC1CCCO1. The third kappa shape index (κ3) is 5.01. The van der Waals surface area contributed by atoms with E-state index in [0.29, 0.717) is 11.4 Å². The van der Waals surface area contributed by atoms with E-state index in [0.717, 1.165) is 23.9 Å². The molecule has 1 aromatic carbocycles. The van der Waals surface area contributed by atoms with Crippen LogP contribution in [-0.2, 0) is 9.53 Å². The summed E-state index contributed by atoms with van der Waals surface area (Å²) in [4.78, 5) is 23.5. The highest BCUT2D eigenvalue weighted by molar-refractivity contribution is 9.10. The lowest BCUT2D eigenvalue weighted by Crippen LogP contribution is -2.32. The van der Waals surface area contributed by atoms with E-state index in [4.69, 9.17) is 9.84 Å². The van der Waals surface area contributed by atoms with Crippen molar-refractivity contribution in [3.05, 3.63) is 28.2 Å². The van der Waals surface area contributed by atoms with Crippen LogP contribution in [0.3, 0.4) is 0 Å². The molecule has 7 heteroatoms. The maximum atomic E-state index is 11.8. The summed E-state index contributed by atoms with van der Waals surface area (Å²) < 4.78 is 6.21. The number of carboxylic acids is 1. The molecule has 5 nitrogen and oxygen atoms in total. The average Bonchev–Trinajstić information content (AvgIpc) is 2.96. The number of nitrogens with one attached hydrogen (secondary N) is 1. The third-order valence-corrected chi connectivity index (χ3v) is 4.63. The number of rotatable bonds is 6. The van der Waals surface area contributed by atoms with Crippen molar-refractivity contribution in [1.29, 1.82) is 0 Å². The van der Waals surface area contributed by atoms with Crippen LogP contribution in [-0.4, -0.2) is 42.0 Å². The van der Waals surface area contributed by atoms with Gasteiger partial charge < -0.3 is 15.2 Å². The fraction of sp³-hybridized carbons (Fsp3) is 0.429. The first-order chi connectivity index (χ1) is 10.1. The summed E-state index contributed by atoms with van der Waals surface area (Å²) in [6.07, 6.45) is 2.12. The van der Waals surface area contributed by atoms with Crippen molar-refractivity contribution in [2.45, 2.75) is 23.8 Å². The Hall–Kier alpha value is -1.05. The maximum absolute atomic E-state index is 11.8. The second-order valence-electron chi connectivity index (χ2n) is 4.67. The molecule has 1 heterocycles. The molecule has 1 unspecified atom stereocenters. The molecule has 0 bridgehead atoms. The van der Waals surface area contributed by atoms with Gasteiger partial charge in [0.15, 0.2) is 0 Å². The van der Waals surface area contributed by atoms with Crippen LogP contribution in [0.1, 0.15) is 23.2 Å². The highest BCUT2D eigenvalue weighted by Gasteiger charge is 2.17. The van der Waals surface area contributed by atoms with Gasteiger partial charge in [-0.05, 0) is 31.0 Å². The van der Waals surface area contributed by atoms with E-state index in [2.05, 4.69) is 21.2 Å². The van der Waals surface area contributed by atoms with Crippen LogP contribution < -0.4 is 5.32 Å². The molecule has 1 aromatic rings. The van der Waals surface area contributed by atoms with Crippen molar-refractivity contribution in [2.75, 3.05) is 18.9 Å². The van der Waals surface area contributed by atoms with Crippen molar-refractivity contribution in [2.24, 2.45) is 0 Å². The summed E-state index contributed by atoms with van der Waals surface area (Å²) in [5.41, 5.74) is 0.204. The number of thioether (sulfide) groups is 1. The number of carboxylic acid groups (broad SMARTS) is 1. The third-order valence-electron chi connectivity index (χ3n) is 3.08. The van der Waals surface area contributed by atoms with Crippen LogP contribution >= 0.6 is 27.7 Å². The molecule has 1 aliphatic rings. The number of hydrogen-bond acceptors (Lipinski definition) is 4. The standard InChI is InChI=1S/C14H16BrNO4S/c15-9-3-4-11(14(18)19)12(6-9)21-8-13(17)16-7-10-2-1-5-20-10/h3-4,6,10H,1-2,5,7-8H2,(H,16,17)(H,18,19). The normalized spacial score (nSPS) is 17.7. The minimum absolute atomic E-state index is 0.111. The van der Waals surface area contributed by atoms with E-state index < -0.39 is 5.97 Å². The van der Waals surface area contributed by atoms with Crippen molar-refractivity contribution in [3.8, 4) is 0 Å². The average molecular weight is 374 g/mol. The van der Waals surface area contributed by atoms with E-state index in [1.54, 1.807) is 12.1 Å². The summed E-state index contributed by atoms with van der Waals surface area (Å²) in [5.74, 6) is -0.930. The molecule has 114 valence electrons. The number of benzene rings is 1. The Kier molecular flexibility index (Phi) is 6.08. The van der Waals surface area contributed by atoms with Crippen molar-refractivity contribution in [3.63, 3.8) is 0 Å². The molecule has 2 rings (SSSR count).